The monoisotopic (exact) mass is 307 g/mol. The first kappa shape index (κ1) is 19.8. The second-order valence-corrected chi connectivity index (χ2v) is 7.99. The summed E-state index contributed by atoms with van der Waals surface area (Å²) in [6.45, 7) is 10.2. The SMILES string of the molecule is CCN(C(C)CN(C)C)S(=O)(=O)CCCCNC(C)C. The maximum atomic E-state index is 12.4. The maximum absolute atomic E-state index is 12.4. The van der Waals surface area contributed by atoms with Crippen molar-refractivity contribution in [3.8, 4) is 0 Å². The van der Waals surface area contributed by atoms with E-state index in [9.17, 15) is 8.42 Å². The van der Waals surface area contributed by atoms with E-state index in [0.29, 0.717) is 19.0 Å². The Morgan fingerprint density at radius 2 is 1.70 bits per heavy atom. The molecule has 122 valence electrons. The van der Waals surface area contributed by atoms with Gasteiger partial charge in [0.25, 0.3) is 0 Å². The number of nitrogens with one attached hydrogen (secondary N) is 1. The van der Waals surface area contributed by atoms with Gasteiger partial charge in [-0.1, -0.05) is 20.8 Å². The highest BCUT2D eigenvalue weighted by Gasteiger charge is 2.25. The fourth-order valence-corrected chi connectivity index (χ4v) is 4.13. The van der Waals surface area contributed by atoms with Gasteiger partial charge in [0.1, 0.15) is 0 Å². The summed E-state index contributed by atoms with van der Waals surface area (Å²) in [4.78, 5) is 2.02. The molecule has 0 saturated heterocycles. The Morgan fingerprint density at radius 1 is 1.10 bits per heavy atom. The zero-order valence-corrected chi connectivity index (χ0v) is 14.8. The Bertz CT molecular complexity index is 342. The summed E-state index contributed by atoms with van der Waals surface area (Å²) in [5.41, 5.74) is 0. The molecule has 0 saturated carbocycles. The fourth-order valence-electron chi connectivity index (χ4n) is 2.32. The van der Waals surface area contributed by atoms with Gasteiger partial charge < -0.3 is 10.2 Å². The minimum atomic E-state index is -3.14. The molecule has 20 heavy (non-hydrogen) atoms. The second kappa shape index (κ2) is 9.71. The van der Waals surface area contributed by atoms with Gasteiger partial charge in [0, 0.05) is 25.2 Å². The van der Waals surface area contributed by atoms with Gasteiger partial charge in [0.15, 0.2) is 0 Å². The van der Waals surface area contributed by atoms with E-state index in [1.54, 1.807) is 4.31 Å². The number of sulfonamides is 1. The van der Waals surface area contributed by atoms with Crippen molar-refractivity contribution < 1.29 is 8.42 Å². The zero-order chi connectivity index (χ0) is 15.8. The average molecular weight is 308 g/mol. The van der Waals surface area contributed by atoms with Crippen LogP contribution in [0.1, 0.15) is 40.5 Å². The Kier molecular flexibility index (Phi) is 9.63. The molecule has 0 bridgehead atoms. The van der Waals surface area contributed by atoms with Gasteiger partial charge in [-0.2, -0.15) is 4.31 Å². The molecule has 0 amide bonds. The van der Waals surface area contributed by atoms with Crippen LogP contribution >= 0.6 is 0 Å². The lowest BCUT2D eigenvalue weighted by atomic mass is 10.3. The third-order valence-corrected chi connectivity index (χ3v) is 5.31. The predicted molar refractivity (Wildman–Crippen MR) is 86.6 cm³/mol. The van der Waals surface area contributed by atoms with E-state index in [1.807, 2.05) is 32.8 Å². The van der Waals surface area contributed by atoms with E-state index in [1.165, 1.54) is 0 Å². The van der Waals surface area contributed by atoms with E-state index in [2.05, 4.69) is 19.2 Å². The van der Waals surface area contributed by atoms with Gasteiger partial charge in [-0.05, 0) is 40.4 Å². The molecule has 0 aliphatic rings. The Labute approximate surface area is 125 Å². The summed E-state index contributed by atoms with van der Waals surface area (Å²) in [6, 6.07) is 0.479. The molecule has 0 heterocycles. The first-order valence-electron chi connectivity index (χ1n) is 7.58. The summed E-state index contributed by atoms with van der Waals surface area (Å²) in [6.07, 6.45) is 1.62. The van der Waals surface area contributed by atoms with Crippen molar-refractivity contribution in [3.63, 3.8) is 0 Å². The van der Waals surface area contributed by atoms with Crippen molar-refractivity contribution in [2.24, 2.45) is 0 Å². The molecule has 1 N–H and O–H groups in total. The summed E-state index contributed by atoms with van der Waals surface area (Å²) >= 11 is 0. The number of likely N-dealkylation sites (N-methyl/N-ethyl adjacent to an activating group) is 2. The van der Waals surface area contributed by atoms with Crippen LogP contribution in [0.3, 0.4) is 0 Å². The lowest BCUT2D eigenvalue weighted by Gasteiger charge is -2.29. The lowest BCUT2D eigenvalue weighted by molar-refractivity contribution is 0.271. The summed E-state index contributed by atoms with van der Waals surface area (Å²) in [7, 11) is 0.795. The number of nitrogens with zero attached hydrogens (tertiary/aromatic N) is 2. The van der Waals surface area contributed by atoms with E-state index < -0.39 is 10.0 Å². The Balaban J connectivity index is 4.30. The first-order chi connectivity index (χ1) is 9.20. The average Bonchev–Trinajstić information content (AvgIpc) is 2.27. The molecule has 5 nitrogen and oxygen atoms in total. The van der Waals surface area contributed by atoms with Crippen LogP contribution in [0.5, 0.6) is 0 Å². The topological polar surface area (TPSA) is 52.7 Å². The molecule has 0 aromatic heterocycles. The molecule has 1 unspecified atom stereocenters. The molecular formula is C14H33N3O2S. The number of hydrogen-bond donors (Lipinski definition) is 1. The molecule has 0 aliphatic heterocycles. The van der Waals surface area contributed by atoms with Crippen LogP contribution in [-0.2, 0) is 10.0 Å². The number of rotatable bonds is 11. The van der Waals surface area contributed by atoms with Crippen LogP contribution in [0.25, 0.3) is 0 Å². The highest BCUT2D eigenvalue weighted by atomic mass is 32.2. The normalized spacial score (nSPS) is 14.4. The van der Waals surface area contributed by atoms with Crippen molar-refractivity contribution in [1.29, 1.82) is 0 Å². The van der Waals surface area contributed by atoms with Crippen molar-refractivity contribution >= 4 is 10.0 Å². The number of unbranched alkanes of at least 4 members (excludes halogenated alkanes) is 1. The van der Waals surface area contributed by atoms with Crippen molar-refractivity contribution in [3.05, 3.63) is 0 Å². The van der Waals surface area contributed by atoms with E-state index in [4.69, 9.17) is 0 Å². The van der Waals surface area contributed by atoms with Crippen molar-refractivity contribution in [2.75, 3.05) is 39.5 Å². The molecule has 0 fully saturated rings. The molecule has 0 spiro atoms. The third kappa shape index (κ3) is 8.19. The van der Waals surface area contributed by atoms with Crippen LogP contribution in [-0.4, -0.2) is 69.2 Å². The Hall–Kier alpha value is -0.170. The zero-order valence-electron chi connectivity index (χ0n) is 14.0. The highest BCUT2D eigenvalue weighted by Crippen LogP contribution is 2.10. The Morgan fingerprint density at radius 3 is 2.15 bits per heavy atom. The molecule has 0 aromatic rings. The molecule has 6 heteroatoms. The van der Waals surface area contributed by atoms with Crippen LogP contribution in [0.4, 0.5) is 0 Å². The van der Waals surface area contributed by atoms with E-state index in [0.717, 1.165) is 19.5 Å². The van der Waals surface area contributed by atoms with Gasteiger partial charge in [0.2, 0.25) is 10.0 Å². The van der Waals surface area contributed by atoms with Crippen LogP contribution in [0, 0.1) is 0 Å². The molecule has 0 aliphatic carbocycles. The standard InChI is InChI=1S/C14H33N3O2S/c1-7-17(14(4)12-16(5)6)20(18,19)11-9-8-10-15-13(2)3/h13-15H,7-12H2,1-6H3. The van der Waals surface area contributed by atoms with Crippen molar-refractivity contribution in [2.45, 2.75) is 52.6 Å². The van der Waals surface area contributed by atoms with Gasteiger partial charge in [-0.3, -0.25) is 0 Å². The summed E-state index contributed by atoms with van der Waals surface area (Å²) in [5, 5.41) is 3.31. The number of hydrogen-bond acceptors (Lipinski definition) is 4. The maximum Gasteiger partial charge on any atom is 0.214 e. The molecule has 0 rings (SSSR count). The smallest absolute Gasteiger partial charge is 0.214 e. The van der Waals surface area contributed by atoms with E-state index in [-0.39, 0.29) is 11.8 Å². The lowest BCUT2D eigenvalue weighted by Crippen LogP contribution is -2.44. The fraction of sp³-hybridized carbons (Fsp3) is 1.00. The summed E-state index contributed by atoms with van der Waals surface area (Å²) in [5.74, 6) is 0.248. The molecule has 0 aromatic carbocycles. The van der Waals surface area contributed by atoms with Crippen LogP contribution in [0.15, 0.2) is 0 Å². The molecule has 1 atom stereocenters. The van der Waals surface area contributed by atoms with Crippen LogP contribution in [0.2, 0.25) is 0 Å². The molecular weight excluding hydrogens is 274 g/mol. The third-order valence-electron chi connectivity index (χ3n) is 3.17. The van der Waals surface area contributed by atoms with Gasteiger partial charge >= 0.3 is 0 Å². The summed E-state index contributed by atoms with van der Waals surface area (Å²) < 4.78 is 26.4. The van der Waals surface area contributed by atoms with Gasteiger partial charge in [0.05, 0.1) is 5.75 Å². The van der Waals surface area contributed by atoms with Gasteiger partial charge in [-0.25, -0.2) is 8.42 Å². The minimum Gasteiger partial charge on any atom is -0.315 e. The van der Waals surface area contributed by atoms with E-state index >= 15 is 0 Å². The highest BCUT2D eigenvalue weighted by molar-refractivity contribution is 7.89. The minimum absolute atomic E-state index is 0.0220. The first-order valence-corrected chi connectivity index (χ1v) is 9.19. The van der Waals surface area contributed by atoms with Gasteiger partial charge in [-0.15, -0.1) is 0 Å². The quantitative estimate of drug-likeness (QED) is 0.586. The van der Waals surface area contributed by atoms with Crippen molar-refractivity contribution in [1.82, 2.24) is 14.5 Å². The van der Waals surface area contributed by atoms with Crippen LogP contribution < -0.4 is 5.32 Å². The molecule has 0 radical (unpaired) electrons. The predicted octanol–water partition coefficient (Wildman–Crippen LogP) is 1.37. The second-order valence-electron chi connectivity index (χ2n) is 5.95. The largest absolute Gasteiger partial charge is 0.315 e.